The van der Waals surface area contributed by atoms with E-state index in [0.29, 0.717) is 0 Å². The molecule has 9 nitrogen and oxygen atoms in total. The first-order valence-corrected chi connectivity index (χ1v) is 0. The normalized spacial score (nSPS) is 0. The molecule has 0 atom stereocenters. The Bertz CT molecular complexity index is 38.2. The molecule has 0 saturated heterocycles. The van der Waals surface area contributed by atoms with Crippen LogP contribution >= 0.6 is 0 Å². The van der Waals surface area contributed by atoms with Gasteiger partial charge in [-0.3, -0.25) is 0 Å². The average molecular weight is 621 g/mol. The van der Waals surface area contributed by atoms with E-state index in [1.54, 1.807) is 0 Å². The Morgan fingerprint density at radius 1 is 0.263 bits per heavy atom. The quantitative estimate of drug-likeness (QED) is 0.229. The second kappa shape index (κ2) is 459. The molecule has 6 radical (unpaired) electrons. The van der Waals surface area contributed by atoms with Gasteiger partial charge in [0.25, 0.3) is 0 Å². The first kappa shape index (κ1) is 524. The zero-order chi connectivity index (χ0) is 0. The van der Waals surface area contributed by atoms with Gasteiger partial charge in [-0.1, -0.05) is 0 Å². The standard InChI is InChI=1S/4Co.2Li.2Mn.2Ni.9O/q4*+2;2*+1;4*+2;9*-2. The fourth-order valence-electron chi connectivity index (χ4n) is 0. The van der Waals surface area contributed by atoms with Crippen molar-refractivity contribution in [1.82, 2.24) is 0 Å². The smallest absolute Gasteiger partial charge is 2.00 e. The first-order valence-electron chi connectivity index (χ1n) is 0. The van der Waals surface area contributed by atoms with Crippen LogP contribution in [0.25, 0.3) is 0 Å². The van der Waals surface area contributed by atoms with Crippen molar-refractivity contribution < 1.29 is 221 Å². The summed E-state index contributed by atoms with van der Waals surface area (Å²) in [6.07, 6.45) is 0. The van der Waals surface area contributed by atoms with E-state index in [1.165, 1.54) is 0 Å². The van der Waals surface area contributed by atoms with E-state index in [1.807, 2.05) is 0 Å². The van der Waals surface area contributed by atoms with E-state index in [-0.39, 0.29) is 221 Å². The minimum Gasteiger partial charge on any atom is -2.00 e. The fraction of sp³-hybridized carbons (Fsp3) is 0. The van der Waals surface area contributed by atoms with Crippen LogP contribution < -0.4 is 37.7 Å². The molecular formula is Co4Li2Mn2Ni2O9. The van der Waals surface area contributed by atoms with Crippen molar-refractivity contribution >= 4 is 0 Å². The second-order valence-electron chi connectivity index (χ2n) is 0. The van der Waals surface area contributed by atoms with Gasteiger partial charge >= 0.3 is 172 Å². The van der Waals surface area contributed by atoms with Gasteiger partial charge in [0.15, 0.2) is 0 Å². The third kappa shape index (κ3) is 418. The second-order valence-corrected chi connectivity index (χ2v) is 0. The Hall–Kier alpha value is 4.89. The summed E-state index contributed by atoms with van der Waals surface area (Å²) >= 11 is 0. The first-order chi connectivity index (χ1) is 0. The molecule has 0 rings (SSSR count). The van der Waals surface area contributed by atoms with Crippen LogP contribution in [0.1, 0.15) is 0 Å². The van der Waals surface area contributed by atoms with E-state index in [0.717, 1.165) is 0 Å². The molecule has 0 aromatic rings. The van der Waals surface area contributed by atoms with E-state index in [9.17, 15) is 0 Å². The van der Waals surface area contributed by atoms with E-state index in [4.69, 9.17) is 0 Å². The minimum atomic E-state index is 0. The van der Waals surface area contributed by atoms with Crippen LogP contribution in [0.3, 0.4) is 0 Å². The summed E-state index contributed by atoms with van der Waals surface area (Å²) in [6.45, 7) is 0. The van der Waals surface area contributed by atoms with Gasteiger partial charge in [0, 0.05) is 0 Å². The molecule has 126 valence electrons. The number of rotatable bonds is 0. The predicted octanol–water partition coefficient (Wildman–Crippen LogP) is -7.08. The molecule has 19 heavy (non-hydrogen) atoms. The van der Waals surface area contributed by atoms with Crippen LogP contribution in [0.4, 0.5) is 0 Å². The SMILES string of the molecule is [Co+2].[Co+2].[Co+2].[Co+2].[Li+].[Li+].[Mn+2].[Mn+2].[Ni+2].[Ni+2].[O-2].[O-2].[O-2].[O-2].[O-2].[O-2].[O-2].[O-2].[O-2]. The van der Waals surface area contributed by atoms with E-state index in [2.05, 4.69) is 0 Å². The molecule has 0 aliphatic heterocycles. The van der Waals surface area contributed by atoms with Crippen molar-refractivity contribution in [1.29, 1.82) is 0 Å². The summed E-state index contributed by atoms with van der Waals surface area (Å²) in [5.74, 6) is 0. The molecule has 0 aromatic heterocycles. The summed E-state index contributed by atoms with van der Waals surface area (Å²) < 4.78 is 0. The van der Waals surface area contributed by atoms with Gasteiger partial charge < -0.3 is 49.3 Å². The summed E-state index contributed by atoms with van der Waals surface area (Å²) in [5, 5.41) is 0. The Morgan fingerprint density at radius 3 is 0.263 bits per heavy atom. The van der Waals surface area contributed by atoms with Crippen molar-refractivity contribution in [3.05, 3.63) is 0 Å². The Kier molecular flexibility index (Phi) is 12700. The van der Waals surface area contributed by atoms with Crippen molar-refractivity contribution in [3.8, 4) is 0 Å². The van der Waals surface area contributed by atoms with E-state index >= 15 is 0 Å². The number of hydrogen-bond acceptors (Lipinski definition) is 0. The molecule has 0 heterocycles. The van der Waals surface area contributed by atoms with Crippen LogP contribution in [0.5, 0.6) is 0 Å². The zero-order valence-electron chi connectivity index (χ0n) is 8.40. The van der Waals surface area contributed by atoms with Gasteiger partial charge in [-0.05, 0) is 0 Å². The van der Waals surface area contributed by atoms with Crippen molar-refractivity contribution in [2.45, 2.75) is 0 Å². The summed E-state index contributed by atoms with van der Waals surface area (Å²) in [5.41, 5.74) is 0. The molecule has 0 aliphatic carbocycles. The van der Waals surface area contributed by atoms with Crippen LogP contribution in [0.15, 0.2) is 0 Å². The summed E-state index contributed by atoms with van der Waals surface area (Å²) in [4.78, 5) is 0. The third-order valence-electron chi connectivity index (χ3n) is 0. The van der Waals surface area contributed by atoms with Gasteiger partial charge in [0.05, 0.1) is 0 Å². The van der Waals surface area contributed by atoms with Gasteiger partial charge in [-0.2, -0.15) is 0 Å². The molecule has 0 aliphatic rings. The molecule has 0 fully saturated rings. The fourth-order valence-corrected chi connectivity index (χ4v) is 0. The number of hydrogen-bond donors (Lipinski definition) is 0. The Balaban J connectivity index is 0. The molecule has 0 unspecified atom stereocenters. The molecule has 19 heteroatoms. The maximum absolute atomic E-state index is 0. The van der Waals surface area contributed by atoms with Crippen molar-refractivity contribution in [2.24, 2.45) is 0 Å². The van der Waals surface area contributed by atoms with Crippen LogP contribution in [0.2, 0.25) is 0 Å². The van der Waals surface area contributed by atoms with Gasteiger partial charge in [-0.15, -0.1) is 0 Å². The maximum Gasteiger partial charge on any atom is 2.00 e. The van der Waals surface area contributed by atoms with E-state index < -0.39 is 0 Å². The molecule has 0 N–H and O–H groups in total. The third-order valence-corrected chi connectivity index (χ3v) is 0. The molecule has 0 aromatic carbocycles. The topological polar surface area (TPSA) is 256 Å². The molecule has 0 spiro atoms. The van der Waals surface area contributed by atoms with Gasteiger partial charge in [0.2, 0.25) is 0 Å². The van der Waals surface area contributed by atoms with Gasteiger partial charge in [0.1, 0.15) is 0 Å². The summed E-state index contributed by atoms with van der Waals surface area (Å²) in [7, 11) is 0. The molecule has 0 bridgehead atoms. The monoisotopic (exact) mass is 619 g/mol. The van der Waals surface area contributed by atoms with Crippen molar-refractivity contribution in [2.75, 3.05) is 0 Å². The van der Waals surface area contributed by atoms with Crippen LogP contribution in [-0.2, 0) is 184 Å². The zero-order valence-corrected chi connectivity index (χ0v) is 16.9. The maximum atomic E-state index is 0. The molecule has 0 saturated carbocycles. The van der Waals surface area contributed by atoms with Crippen LogP contribution in [-0.4, -0.2) is 0 Å². The Morgan fingerprint density at radius 2 is 0.263 bits per heavy atom. The average Bonchev–Trinajstić information content (AvgIpc) is 0. The Labute approximate surface area is 218 Å². The minimum absolute atomic E-state index is 0. The molecular weight excluding hydrogens is 621 g/mol. The summed E-state index contributed by atoms with van der Waals surface area (Å²) in [6, 6.07) is 0. The largest absolute Gasteiger partial charge is 2.00 e. The molecule has 0 amide bonds. The van der Waals surface area contributed by atoms with Crippen LogP contribution in [0, 0.1) is 0 Å². The van der Waals surface area contributed by atoms with Gasteiger partial charge in [-0.25, -0.2) is 0 Å². The van der Waals surface area contributed by atoms with Crippen molar-refractivity contribution in [3.63, 3.8) is 0 Å². The predicted molar refractivity (Wildman–Crippen MR) is 6.18 cm³/mol.